The molecule has 1 atom stereocenters. The van der Waals surface area contributed by atoms with Crippen molar-refractivity contribution in [2.24, 2.45) is 0 Å². The minimum atomic E-state index is -4.97. The van der Waals surface area contributed by atoms with Gasteiger partial charge < -0.3 is 14.9 Å². The van der Waals surface area contributed by atoms with Gasteiger partial charge in [-0.25, -0.2) is 0 Å². The number of nitrogens with one attached hydrogen (secondary N) is 1. The van der Waals surface area contributed by atoms with Gasteiger partial charge in [0, 0.05) is 0 Å². The van der Waals surface area contributed by atoms with Gasteiger partial charge in [-0.15, -0.1) is 0 Å². The summed E-state index contributed by atoms with van der Waals surface area (Å²) in [5.74, 6) is -1.21. The topological polar surface area (TPSA) is 107 Å². The number of carboxylic acid groups (broad SMARTS) is 1. The third kappa shape index (κ3) is 5.26. The lowest BCUT2D eigenvalue weighted by atomic mass is 9.95. The van der Waals surface area contributed by atoms with Gasteiger partial charge in [0.15, 0.2) is 5.28 Å². The van der Waals surface area contributed by atoms with Crippen molar-refractivity contribution in [2.45, 2.75) is 17.7 Å². The van der Waals surface area contributed by atoms with Gasteiger partial charge in [-0.05, 0) is 34.2 Å². The van der Waals surface area contributed by atoms with Crippen molar-refractivity contribution < 1.29 is 24.3 Å². The summed E-state index contributed by atoms with van der Waals surface area (Å²) < 4.78 is 13.1. The van der Waals surface area contributed by atoms with Crippen LogP contribution in [0.1, 0.15) is 16.7 Å². The Morgan fingerprint density at radius 2 is 1.14 bits per heavy atom. The molecule has 4 aromatic rings. The van der Waals surface area contributed by atoms with Crippen LogP contribution in [-0.2, 0) is 21.1 Å². The second-order valence-electron chi connectivity index (χ2n) is 8.29. The van der Waals surface area contributed by atoms with E-state index in [0.29, 0.717) is 0 Å². The van der Waals surface area contributed by atoms with Crippen LogP contribution in [0.5, 0.6) is 0 Å². The van der Waals surface area contributed by atoms with E-state index < -0.39 is 24.9 Å². The Balaban J connectivity index is 1.73. The maximum absolute atomic E-state index is 13.1. The average Bonchev–Trinajstić information content (AvgIpc) is 2.87. The second-order valence-corrected chi connectivity index (χ2v) is 10.0. The number of hydrogen-bond donors (Lipinski definition) is 4. The highest BCUT2D eigenvalue weighted by molar-refractivity contribution is 7.53. The van der Waals surface area contributed by atoms with E-state index in [-0.39, 0.29) is 17.5 Å². The summed E-state index contributed by atoms with van der Waals surface area (Å²) in [7, 11) is -4.97. The fourth-order valence-corrected chi connectivity index (χ4v) is 5.56. The predicted octanol–water partition coefficient (Wildman–Crippen LogP) is 5.02. The molecule has 7 heteroatoms. The molecule has 0 aliphatic heterocycles. The molecule has 178 valence electrons. The maximum Gasteiger partial charge on any atom is 0.354 e. The number of benzene rings is 4. The Kier molecular flexibility index (Phi) is 7.29. The van der Waals surface area contributed by atoms with Crippen molar-refractivity contribution in [2.75, 3.05) is 0 Å². The zero-order valence-electron chi connectivity index (χ0n) is 18.9. The standard InChI is InChI=1S/C28H26NO5P/c30-27(31)26(20-21-16-18-23(19-17-21)22-10-4-1-5-11-22)29-28(35(32,33)34,24-12-6-2-7-13-24)25-14-8-3-9-15-25/h1-19,26,29H,20H2,(H,30,31)(H2,32,33,34)/t26-/m0/s1. The number of carboxylic acids is 1. The van der Waals surface area contributed by atoms with Crippen molar-refractivity contribution >= 4 is 13.6 Å². The van der Waals surface area contributed by atoms with E-state index >= 15 is 0 Å². The summed E-state index contributed by atoms with van der Waals surface area (Å²) in [5.41, 5.74) is 3.33. The van der Waals surface area contributed by atoms with Gasteiger partial charge in [-0.1, -0.05) is 115 Å². The molecule has 4 N–H and O–H groups in total. The molecular weight excluding hydrogens is 461 g/mol. The van der Waals surface area contributed by atoms with Gasteiger partial charge in [-0.2, -0.15) is 0 Å². The number of aliphatic carboxylic acids is 1. The molecule has 0 saturated carbocycles. The molecule has 0 aliphatic rings. The normalized spacial score (nSPS) is 12.7. The first kappa shape index (κ1) is 24.6. The minimum absolute atomic E-state index is 0.0336. The summed E-state index contributed by atoms with van der Waals surface area (Å²) in [6, 6.07) is 32.5. The first-order valence-corrected chi connectivity index (χ1v) is 12.7. The fourth-order valence-electron chi connectivity index (χ4n) is 4.26. The van der Waals surface area contributed by atoms with Gasteiger partial charge in [0.2, 0.25) is 0 Å². The van der Waals surface area contributed by atoms with E-state index in [1.54, 1.807) is 60.7 Å². The van der Waals surface area contributed by atoms with E-state index in [0.717, 1.165) is 16.7 Å². The first-order chi connectivity index (χ1) is 16.8. The van der Waals surface area contributed by atoms with Crippen LogP contribution in [0, 0.1) is 0 Å². The van der Waals surface area contributed by atoms with Gasteiger partial charge >= 0.3 is 13.6 Å². The lowest BCUT2D eigenvalue weighted by Crippen LogP contribution is -2.52. The molecule has 35 heavy (non-hydrogen) atoms. The quantitative estimate of drug-likeness (QED) is 0.247. The summed E-state index contributed by atoms with van der Waals surface area (Å²) in [6.45, 7) is 0. The monoisotopic (exact) mass is 487 g/mol. The molecule has 6 nitrogen and oxygen atoms in total. The van der Waals surface area contributed by atoms with Crippen molar-refractivity contribution in [1.82, 2.24) is 5.32 Å². The molecule has 0 unspecified atom stereocenters. The van der Waals surface area contributed by atoms with E-state index in [1.807, 2.05) is 54.6 Å². The third-order valence-corrected chi connectivity index (χ3v) is 7.52. The molecule has 0 radical (unpaired) electrons. The number of carbonyl (C=O) groups is 1. The largest absolute Gasteiger partial charge is 0.480 e. The molecule has 0 heterocycles. The molecule has 4 aromatic carbocycles. The van der Waals surface area contributed by atoms with Crippen molar-refractivity contribution in [3.05, 3.63) is 132 Å². The fraction of sp³-hybridized carbons (Fsp3) is 0.107. The average molecular weight is 487 g/mol. The number of hydrogen-bond acceptors (Lipinski definition) is 3. The van der Waals surface area contributed by atoms with Crippen molar-refractivity contribution in [3.8, 4) is 11.1 Å². The highest BCUT2D eigenvalue weighted by atomic mass is 31.2. The van der Waals surface area contributed by atoms with Crippen LogP contribution in [0.4, 0.5) is 0 Å². The van der Waals surface area contributed by atoms with Crippen LogP contribution >= 0.6 is 7.60 Å². The Bertz CT molecular complexity index is 1270. The van der Waals surface area contributed by atoms with Gasteiger partial charge in [0.1, 0.15) is 6.04 Å². The first-order valence-electron chi connectivity index (χ1n) is 11.1. The summed E-state index contributed by atoms with van der Waals surface area (Å²) in [4.78, 5) is 33.6. The van der Waals surface area contributed by atoms with Gasteiger partial charge in [0.05, 0.1) is 0 Å². The Hall–Kier alpha value is -3.54. The van der Waals surface area contributed by atoms with E-state index in [1.165, 1.54) is 0 Å². The van der Waals surface area contributed by atoms with Gasteiger partial charge in [-0.3, -0.25) is 14.7 Å². The van der Waals surface area contributed by atoms with Crippen molar-refractivity contribution in [3.63, 3.8) is 0 Å². The van der Waals surface area contributed by atoms with Crippen molar-refractivity contribution in [1.29, 1.82) is 0 Å². The third-order valence-electron chi connectivity index (χ3n) is 6.00. The SMILES string of the molecule is O=C(O)[C@H](Cc1ccc(-c2ccccc2)cc1)NC(c1ccccc1)(c1ccccc1)P(=O)(O)O. The lowest BCUT2D eigenvalue weighted by molar-refractivity contribution is -0.139. The Morgan fingerprint density at radius 1 is 0.714 bits per heavy atom. The van der Waals surface area contributed by atoms with Crippen LogP contribution in [0.3, 0.4) is 0 Å². The Labute approximate surface area is 204 Å². The van der Waals surface area contributed by atoms with Crippen LogP contribution in [-0.4, -0.2) is 26.9 Å². The predicted molar refractivity (Wildman–Crippen MR) is 136 cm³/mol. The molecule has 0 amide bonds. The molecule has 0 aromatic heterocycles. The van der Waals surface area contributed by atoms with E-state index in [9.17, 15) is 24.3 Å². The molecule has 0 bridgehead atoms. The lowest BCUT2D eigenvalue weighted by Gasteiger charge is -2.38. The molecule has 0 spiro atoms. The maximum atomic E-state index is 13.1. The highest BCUT2D eigenvalue weighted by Crippen LogP contribution is 2.59. The van der Waals surface area contributed by atoms with E-state index in [4.69, 9.17) is 0 Å². The van der Waals surface area contributed by atoms with Crippen LogP contribution in [0.2, 0.25) is 0 Å². The van der Waals surface area contributed by atoms with Gasteiger partial charge in [0.25, 0.3) is 0 Å². The van der Waals surface area contributed by atoms with Crippen LogP contribution in [0.25, 0.3) is 11.1 Å². The molecule has 0 saturated heterocycles. The number of rotatable bonds is 9. The zero-order valence-corrected chi connectivity index (χ0v) is 19.8. The molecule has 0 aliphatic carbocycles. The second kappa shape index (κ2) is 10.4. The summed E-state index contributed by atoms with van der Waals surface area (Å²) in [5, 5.41) is 10.9. The molecule has 0 fully saturated rings. The van der Waals surface area contributed by atoms with Crippen LogP contribution < -0.4 is 5.32 Å². The molecule has 4 rings (SSSR count). The smallest absolute Gasteiger partial charge is 0.354 e. The van der Waals surface area contributed by atoms with Crippen LogP contribution in [0.15, 0.2) is 115 Å². The zero-order chi connectivity index (χ0) is 24.9. The van der Waals surface area contributed by atoms with E-state index in [2.05, 4.69) is 5.32 Å². The summed E-state index contributed by atoms with van der Waals surface area (Å²) in [6.07, 6.45) is 0.0336. The summed E-state index contributed by atoms with van der Waals surface area (Å²) >= 11 is 0. The minimum Gasteiger partial charge on any atom is -0.480 e. The Morgan fingerprint density at radius 3 is 1.57 bits per heavy atom. The highest BCUT2D eigenvalue weighted by Gasteiger charge is 2.51. The molecular formula is C28H26NO5P.